The van der Waals surface area contributed by atoms with Crippen LogP contribution in [-0.2, 0) is 0 Å². The van der Waals surface area contributed by atoms with Crippen LogP contribution in [0.5, 0.6) is 0 Å². The number of hydrogen-bond donors (Lipinski definition) is 0. The van der Waals surface area contributed by atoms with Crippen molar-refractivity contribution in [1.82, 2.24) is 0 Å². The Hall–Kier alpha value is -1.11. The smallest absolute Gasteiger partial charge is 0.0573 e. The first kappa shape index (κ1) is 6.02. The highest BCUT2D eigenvalue weighted by molar-refractivity contribution is 5.71. The van der Waals surface area contributed by atoms with Gasteiger partial charge in [0.25, 0.3) is 0 Å². The van der Waals surface area contributed by atoms with Gasteiger partial charge in [0, 0.05) is 6.21 Å². The summed E-state index contributed by atoms with van der Waals surface area (Å²) < 4.78 is 0. The Bertz CT molecular complexity index is 153. The normalized spacial score (nSPS) is 27.6. The highest BCUT2D eigenvalue weighted by Gasteiger charge is 1.70. The largest absolute Gasteiger partial charge is 0.289 e. The minimum Gasteiger partial charge on any atom is -0.289 e. The van der Waals surface area contributed by atoms with Crippen molar-refractivity contribution in [3.05, 3.63) is 36.5 Å². The Morgan fingerprint density at radius 1 is 0.889 bits per heavy atom. The zero-order chi connectivity index (χ0) is 6.36. The number of hydrogen-bond acceptors (Lipinski definition) is 1. The Balaban J connectivity index is 2.60. The van der Waals surface area contributed by atoms with Gasteiger partial charge in [-0.3, -0.25) is 4.99 Å². The first-order valence-electron chi connectivity index (χ1n) is 2.98. The van der Waals surface area contributed by atoms with E-state index in [1.165, 1.54) is 0 Å². The van der Waals surface area contributed by atoms with Crippen molar-refractivity contribution >= 4 is 6.21 Å². The lowest BCUT2D eigenvalue weighted by Crippen LogP contribution is -1.69. The zero-order valence-corrected chi connectivity index (χ0v) is 5.20. The maximum Gasteiger partial charge on any atom is 0.0573 e. The van der Waals surface area contributed by atoms with Gasteiger partial charge in [-0.25, -0.2) is 0 Å². The van der Waals surface area contributed by atoms with Gasteiger partial charge in [-0.2, -0.15) is 0 Å². The molecule has 0 aromatic carbocycles. The van der Waals surface area contributed by atoms with Crippen LogP contribution in [0.25, 0.3) is 0 Å². The number of allylic oxidation sites excluding steroid dienone is 5. The standard InChI is InChI=1S/C8H9N/c1-2-4-6-8-9-7-5-3-1/h1-7H,8H2/b2-1-,5-3-,6-4-,9-7?. The maximum atomic E-state index is 4.05. The van der Waals surface area contributed by atoms with Crippen LogP contribution < -0.4 is 0 Å². The number of rotatable bonds is 0. The van der Waals surface area contributed by atoms with E-state index in [4.69, 9.17) is 0 Å². The number of aliphatic imine (C=N–C) groups is 1. The van der Waals surface area contributed by atoms with Crippen LogP contribution >= 0.6 is 0 Å². The summed E-state index contributed by atoms with van der Waals surface area (Å²) in [5, 5.41) is 0. The molecular weight excluding hydrogens is 110 g/mol. The van der Waals surface area contributed by atoms with Crippen LogP contribution in [0.15, 0.2) is 41.4 Å². The molecule has 0 unspecified atom stereocenters. The van der Waals surface area contributed by atoms with Gasteiger partial charge in [-0.1, -0.05) is 30.4 Å². The summed E-state index contributed by atoms with van der Waals surface area (Å²) in [6.45, 7) is 0.786. The molecule has 1 rings (SSSR count). The Labute approximate surface area is 55.1 Å². The van der Waals surface area contributed by atoms with Crippen LogP contribution in [0, 0.1) is 0 Å². The SMILES string of the molecule is C1=NC\C=C/C=C\C=C/1. The third-order valence-electron chi connectivity index (χ3n) is 0.983. The summed E-state index contributed by atoms with van der Waals surface area (Å²) in [5.74, 6) is 0. The average molecular weight is 119 g/mol. The first-order valence-corrected chi connectivity index (χ1v) is 2.98. The van der Waals surface area contributed by atoms with E-state index in [1.54, 1.807) is 6.21 Å². The molecule has 1 aliphatic heterocycles. The van der Waals surface area contributed by atoms with Gasteiger partial charge in [0.2, 0.25) is 0 Å². The summed E-state index contributed by atoms with van der Waals surface area (Å²) in [4.78, 5) is 4.05. The molecule has 0 bridgehead atoms. The molecule has 0 radical (unpaired) electrons. The maximum absolute atomic E-state index is 4.05. The molecule has 0 atom stereocenters. The highest BCUT2D eigenvalue weighted by atomic mass is 14.7. The second-order valence-corrected chi connectivity index (χ2v) is 1.71. The lowest BCUT2D eigenvalue weighted by molar-refractivity contribution is 1.26. The van der Waals surface area contributed by atoms with E-state index in [0.717, 1.165) is 6.54 Å². The highest BCUT2D eigenvalue weighted by Crippen LogP contribution is 1.83. The van der Waals surface area contributed by atoms with Gasteiger partial charge in [-0.05, 0) is 6.08 Å². The van der Waals surface area contributed by atoms with Crippen molar-refractivity contribution in [3.63, 3.8) is 0 Å². The van der Waals surface area contributed by atoms with Crippen molar-refractivity contribution in [2.75, 3.05) is 6.54 Å². The summed E-state index contributed by atoms with van der Waals surface area (Å²) in [5.41, 5.74) is 0. The predicted octanol–water partition coefficient (Wildman–Crippen LogP) is 1.74. The van der Waals surface area contributed by atoms with Crippen molar-refractivity contribution in [1.29, 1.82) is 0 Å². The molecule has 0 aliphatic carbocycles. The van der Waals surface area contributed by atoms with E-state index in [-0.39, 0.29) is 0 Å². The van der Waals surface area contributed by atoms with Crippen LogP contribution in [0.1, 0.15) is 0 Å². The summed E-state index contributed by atoms with van der Waals surface area (Å²) in [6.07, 6.45) is 13.7. The van der Waals surface area contributed by atoms with E-state index in [1.807, 2.05) is 36.5 Å². The molecule has 9 heavy (non-hydrogen) atoms. The molecule has 0 amide bonds. The van der Waals surface area contributed by atoms with E-state index in [2.05, 4.69) is 4.99 Å². The molecule has 0 aromatic heterocycles. The number of nitrogens with zero attached hydrogens (tertiary/aromatic N) is 1. The van der Waals surface area contributed by atoms with Crippen LogP contribution in [0.4, 0.5) is 0 Å². The summed E-state index contributed by atoms with van der Waals surface area (Å²) in [6, 6.07) is 0. The quantitative estimate of drug-likeness (QED) is 0.460. The molecule has 46 valence electrons. The van der Waals surface area contributed by atoms with E-state index in [0.29, 0.717) is 0 Å². The second-order valence-electron chi connectivity index (χ2n) is 1.71. The molecule has 0 saturated heterocycles. The molecule has 0 fully saturated rings. The predicted molar refractivity (Wildman–Crippen MR) is 40.8 cm³/mol. The van der Waals surface area contributed by atoms with Gasteiger partial charge in [-0.15, -0.1) is 0 Å². The van der Waals surface area contributed by atoms with Crippen molar-refractivity contribution in [2.24, 2.45) is 4.99 Å². The molecule has 1 heterocycles. The third kappa shape index (κ3) is 2.65. The van der Waals surface area contributed by atoms with Crippen LogP contribution in [0.2, 0.25) is 0 Å². The molecule has 1 heteroatoms. The van der Waals surface area contributed by atoms with E-state index >= 15 is 0 Å². The topological polar surface area (TPSA) is 12.4 Å². The van der Waals surface area contributed by atoms with Crippen molar-refractivity contribution in [2.45, 2.75) is 0 Å². The molecule has 0 spiro atoms. The van der Waals surface area contributed by atoms with Crippen molar-refractivity contribution in [3.8, 4) is 0 Å². The lowest BCUT2D eigenvalue weighted by atomic mass is 10.4. The fourth-order valence-corrected chi connectivity index (χ4v) is 0.564. The van der Waals surface area contributed by atoms with Gasteiger partial charge < -0.3 is 0 Å². The Kier molecular flexibility index (Phi) is 2.57. The van der Waals surface area contributed by atoms with Crippen molar-refractivity contribution < 1.29 is 0 Å². The molecule has 0 N–H and O–H groups in total. The Morgan fingerprint density at radius 2 is 1.67 bits per heavy atom. The molecular formula is C8H9N. The molecule has 0 saturated carbocycles. The first-order chi connectivity index (χ1) is 4.50. The van der Waals surface area contributed by atoms with Crippen LogP contribution in [0.3, 0.4) is 0 Å². The summed E-state index contributed by atoms with van der Waals surface area (Å²) >= 11 is 0. The molecule has 0 aromatic rings. The average Bonchev–Trinajstić information content (AvgIpc) is 2.00. The second kappa shape index (κ2) is 3.84. The molecule has 1 aliphatic rings. The van der Waals surface area contributed by atoms with Gasteiger partial charge in [0.1, 0.15) is 0 Å². The zero-order valence-electron chi connectivity index (χ0n) is 5.20. The van der Waals surface area contributed by atoms with Gasteiger partial charge in [0.15, 0.2) is 0 Å². The fourth-order valence-electron chi connectivity index (χ4n) is 0.564. The van der Waals surface area contributed by atoms with Gasteiger partial charge >= 0.3 is 0 Å². The summed E-state index contributed by atoms with van der Waals surface area (Å²) in [7, 11) is 0. The van der Waals surface area contributed by atoms with Crippen LogP contribution in [-0.4, -0.2) is 12.8 Å². The van der Waals surface area contributed by atoms with Gasteiger partial charge in [0.05, 0.1) is 6.54 Å². The monoisotopic (exact) mass is 119 g/mol. The third-order valence-corrected chi connectivity index (χ3v) is 0.983. The fraction of sp³-hybridized carbons (Fsp3) is 0.125. The molecule has 1 nitrogen and oxygen atoms in total. The van der Waals surface area contributed by atoms with E-state index in [9.17, 15) is 0 Å². The minimum atomic E-state index is 0.786. The lowest BCUT2D eigenvalue weighted by Gasteiger charge is -1.75. The minimum absolute atomic E-state index is 0.786. The van der Waals surface area contributed by atoms with E-state index < -0.39 is 0 Å². The Morgan fingerprint density at radius 3 is 2.67 bits per heavy atom.